The molecule has 106 valence electrons. The number of hydrogen-bond acceptors (Lipinski definition) is 3. The molecule has 0 radical (unpaired) electrons. The minimum atomic E-state index is -3.41. The van der Waals surface area contributed by atoms with Gasteiger partial charge in [-0.05, 0) is 50.4 Å². The number of nitrogens with one attached hydrogen (secondary N) is 1. The van der Waals surface area contributed by atoms with Gasteiger partial charge in [0.05, 0.1) is 15.8 Å². The molecule has 1 aliphatic heterocycles. The SMILES string of the molecule is O=S(=O)(CCC1CCNCC1)c1c(Cl)cccc1Cl. The summed E-state index contributed by atoms with van der Waals surface area (Å²) in [5.74, 6) is 0.582. The van der Waals surface area contributed by atoms with E-state index >= 15 is 0 Å². The van der Waals surface area contributed by atoms with Gasteiger partial charge in [0.15, 0.2) is 9.84 Å². The van der Waals surface area contributed by atoms with Gasteiger partial charge in [-0.1, -0.05) is 29.3 Å². The van der Waals surface area contributed by atoms with Crippen molar-refractivity contribution in [3.63, 3.8) is 0 Å². The maximum atomic E-state index is 12.3. The zero-order valence-corrected chi connectivity index (χ0v) is 12.9. The van der Waals surface area contributed by atoms with E-state index in [0.717, 1.165) is 25.9 Å². The summed E-state index contributed by atoms with van der Waals surface area (Å²) in [4.78, 5) is 0.0762. The minimum Gasteiger partial charge on any atom is -0.317 e. The molecule has 0 saturated carbocycles. The average Bonchev–Trinajstić information content (AvgIpc) is 2.37. The van der Waals surface area contributed by atoms with E-state index < -0.39 is 9.84 Å². The molecule has 6 heteroatoms. The standard InChI is InChI=1S/C13H17Cl2NO2S/c14-11-2-1-3-12(15)13(11)19(17,18)9-6-10-4-7-16-8-5-10/h1-3,10,16H,4-9H2. The lowest BCUT2D eigenvalue weighted by atomic mass is 9.96. The summed E-state index contributed by atoms with van der Waals surface area (Å²) in [6.07, 6.45) is 2.74. The first kappa shape index (κ1) is 15.1. The summed E-state index contributed by atoms with van der Waals surface area (Å²) in [5, 5.41) is 3.68. The Kier molecular flexibility index (Phi) is 5.12. The van der Waals surface area contributed by atoms with Crippen molar-refractivity contribution in [1.82, 2.24) is 5.32 Å². The summed E-state index contributed by atoms with van der Waals surface area (Å²) < 4.78 is 24.7. The fraction of sp³-hybridized carbons (Fsp3) is 0.538. The number of piperidine rings is 1. The number of benzene rings is 1. The first-order valence-electron chi connectivity index (χ1n) is 6.38. The van der Waals surface area contributed by atoms with Crippen molar-refractivity contribution in [2.75, 3.05) is 18.8 Å². The van der Waals surface area contributed by atoms with Crippen LogP contribution in [0.4, 0.5) is 0 Å². The Bertz CT molecular complexity index is 519. The van der Waals surface area contributed by atoms with Crippen LogP contribution in [0.25, 0.3) is 0 Å². The molecular formula is C13H17Cl2NO2S. The Balaban J connectivity index is 2.09. The van der Waals surface area contributed by atoms with E-state index in [0.29, 0.717) is 12.3 Å². The molecule has 3 nitrogen and oxygen atoms in total. The van der Waals surface area contributed by atoms with Gasteiger partial charge in [0.25, 0.3) is 0 Å². The molecule has 1 aromatic rings. The molecule has 1 saturated heterocycles. The van der Waals surface area contributed by atoms with Crippen molar-refractivity contribution in [2.24, 2.45) is 5.92 Å². The van der Waals surface area contributed by atoms with E-state index in [2.05, 4.69) is 5.32 Å². The molecule has 1 aromatic carbocycles. The predicted octanol–water partition coefficient (Wildman–Crippen LogP) is 3.16. The molecule has 2 rings (SSSR count). The lowest BCUT2D eigenvalue weighted by Gasteiger charge is -2.22. The second-order valence-electron chi connectivity index (χ2n) is 4.85. The Hall–Kier alpha value is -0.290. The number of hydrogen-bond donors (Lipinski definition) is 1. The highest BCUT2D eigenvalue weighted by Crippen LogP contribution is 2.31. The zero-order valence-electron chi connectivity index (χ0n) is 10.5. The molecule has 0 amide bonds. The monoisotopic (exact) mass is 321 g/mol. The van der Waals surface area contributed by atoms with Crippen LogP contribution in [0.3, 0.4) is 0 Å². The van der Waals surface area contributed by atoms with E-state index in [1.165, 1.54) is 0 Å². The van der Waals surface area contributed by atoms with Gasteiger partial charge in [0.2, 0.25) is 0 Å². The summed E-state index contributed by atoms with van der Waals surface area (Å²) in [6, 6.07) is 4.77. The highest BCUT2D eigenvalue weighted by atomic mass is 35.5. The highest BCUT2D eigenvalue weighted by molar-refractivity contribution is 7.91. The second kappa shape index (κ2) is 6.44. The molecule has 0 atom stereocenters. The summed E-state index contributed by atoms with van der Waals surface area (Å²) in [7, 11) is -3.41. The summed E-state index contributed by atoms with van der Waals surface area (Å²) >= 11 is 11.9. The quantitative estimate of drug-likeness (QED) is 0.926. The van der Waals surface area contributed by atoms with Gasteiger partial charge >= 0.3 is 0 Å². The van der Waals surface area contributed by atoms with Crippen LogP contribution in [0.5, 0.6) is 0 Å². The maximum Gasteiger partial charge on any atom is 0.181 e. The molecule has 19 heavy (non-hydrogen) atoms. The Morgan fingerprint density at radius 2 is 1.74 bits per heavy atom. The molecule has 1 heterocycles. The van der Waals surface area contributed by atoms with Gasteiger partial charge < -0.3 is 5.32 Å². The van der Waals surface area contributed by atoms with Crippen LogP contribution in [0.2, 0.25) is 10.0 Å². The van der Waals surface area contributed by atoms with Crippen molar-refractivity contribution in [1.29, 1.82) is 0 Å². The average molecular weight is 322 g/mol. The van der Waals surface area contributed by atoms with Crippen LogP contribution in [0, 0.1) is 5.92 Å². The zero-order chi connectivity index (χ0) is 13.9. The largest absolute Gasteiger partial charge is 0.317 e. The van der Waals surface area contributed by atoms with E-state index in [4.69, 9.17) is 23.2 Å². The Morgan fingerprint density at radius 1 is 1.16 bits per heavy atom. The molecule has 0 aliphatic carbocycles. The van der Waals surface area contributed by atoms with Crippen molar-refractivity contribution in [2.45, 2.75) is 24.2 Å². The smallest absolute Gasteiger partial charge is 0.181 e. The van der Waals surface area contributed by atoms with E-state index in [-0.39, 0.29) is 20.7 Å². The number of rotatable bonds is 4. The predicted molar refractivity (Wildman–Crippen MR) is 78.7 cm³/mol. The molecule has 0 aromatic heterocycles. The van der Waals surface area contributed by atoms with Crippen LogP contribution in [0.1, 0.15) is 19.3 Å². The topological polar surface area (TPSA) is 46.2 Å². The maximum absolute atomic E-state index is 12.3. The third kappa shape index (κ3) is 3.85. The van der Waals surface area contributed by atoms with Gasteiger partial charge in [0.1, 0.15) is 4.90 Å². The van der Waals surface area contributed by atoms with Gasteiger partial charge in [-0.2, -0.15) is 0 Å². The summed E-state index contributed by atoms with van der Waals surface area (Å²) in [5.41, 5.74) is 0. The Labute approximate surface area is 124 Å². The molecule has 0 bridgehead atoms. The van der Waals surface area contributed by atoms with Crippen molar-refractivity contribution < 1.29 is 8.42 Å². The fourth-order valence-corrected chi connectivity index (χ4v) is 5.05. The van der Waals surface area contributed by atoms with Crippen LogP contribution >= 0.6 is 23.2 Å². The molecule has 0 unspecified atom stereocenters. The lowest BCUT2D eigenvalue weighted by Crippen LogP contribution is -2.28. The fourth-order valence-electron chi connectivity index (χ4n) is 2.37. The van der Waals surface area contributed by atoms with Crippen LogP contribution in [0.15, 0.2) is 23.1 Å². The number of sulfone groups is 1. The van der Waals surface area contributed by atoms with E-state index in [1.807, 2.05) is 0 Å². The van der Waals surface area contributed by atoms with Crippen molar-refractivity contribution >= 4 is 33.0 Å². The van der Waals surface area contributed by atoms with Gasteiger partial charge in [-0.25, -0.2) is 8.42 Å². The first-order valence-corrected chi connectivity index (χ1v) is 8.79. The van der Waals surface area contributed by atoms with Crippen molar-refractivity contribution in [3.05, 3.63) is 28.2 Å². The third-order valence-electron chi connectivity index (χ3n) is 3.48. The third-order valence-corrected chi connectivity index (χ3v) is 6.17. The minimum absolute atomic E-state index is 0.0762. The van der Waals surface area contributed by atoms with Gasteiger partial charge in [-0.15, -0.1) is 0 Å². The van der Waals surface area contributed by atoms with Gasteiger partial charge in [0, 0.05) is 0 Å². The number of halogens is 2. The van der Waals surface area contributed by atoms with Gasteiger partial charge in [-0.3, -0.25) is 0 Å². The molecule has 0 spiro atoms. The Morgan fingerprint density at radius 3 is 2.32 bits per heavy atom. The first-order chi connectivity index (χ1) is 9.00. The van der Waals surface area contributed by atoms with Crippen LogP contribution in [-0.4, -0.2) is 27.3 Å². The molecule has 1 N–H and O–H groups in total. The molecule has 1 aliphatic rings. The molecular weight excluding hydrogens is 305 g/mol. The van der Waals surface area contributed by atoms with Crippen molar-refractivity contribution in [3.8, 4) is 0 Å². The van der Waals surface area contributed by atoms with Crippen LogP contribution in [-0.2, 0) is 9.84 Å². The van der Waals surface area contributed by atoms with Crippen LogP contribution < -0.4 is 5.32 Å². The molecule has 1 fully saturated rings. The second-order valence-corrected chi connectivity index (χ2v) is 7.71. The summed E-state index contributed by atoms with van der Waals surface area (Å²) in [6.45, 7) is 1.94. The lowest BCUT2D eigenvalue weighted by molar-refractivity contribution is 0.365. The van der Waals surface area contributed by atoms with E-state index in [1.54, 1.807) is 18.2 Å². The normalized spacial score (nSPS) is 17.6. The highest BCUT2D eigenvalue weighted by Gasteiger charge is 2.23. The van der Waals surface area contributed by atoms with E-state index in [9.17, 15) is 8.42 Å².